The Kier molecular flexibility index (Phi) is 6.44. The Balaban J connectivity index is 2.04. The molecule has 8 heteroatoms. The van der Waals surface area contributed by atoms with Crippen LogP contribution in [0.2, 0.25) is 0 Å². The molecule has 0 aliphatic rings. The van der Waals surface area contributed by atoms with Crippen LogP contribution in [0.5, 0.6) is 0 Å². The number of hydrogen-bond acceptors (Lipinski definition) is 5. The summed E-state index contributed by atoms with van der Waals surface area (Å²) in [7, 11) is -4.12. The largest absolute Gasteiger partial charge is 0.398 e. The van der Waals surface area contributed by atoms with Crippen molar-refractivity contribution in [1.82, 2.24) is 14.5 Å². The SMILES string of the molecule is Cc1cc(C)c(Cn2nc(C(C)(C)C)cc2C(=O)NS(=O)(=O)c2cccc(N)c2C)c(C)c1. The van der Waals surface area contributed by atoms with Gasteiger partial charge >= 0.3 is 0 Å². The van der Waals surface area contributed by atoms with E-state index in [-0.39, 0.29) is 16.0 Å². The minimum atomic E-state index is -4.12. The predicted octanol–water partition coefficient (Wildman–Crippen LogP) is 4.16. The molecule has 0 fully saturated rings. The Morgan fingerprint density at radius 3 is 2.24 bits per heavy atom. The standard InChI is InChI=1S/C25H32N4O3S/c1-15-11-16(2)19(17(3)12-15)14-29-21(13-23(27-29)25(5,6)7)24(30)28-33(31,32)22-10-8-9-20(26)18(22)4/h8-13H,14,26H2,1-7H3,(H,28,30). The fourth-order valence-corrected chi connectivity index (χ4v) is 5.08. The molecule has 0 aliphatic carbocycles. The highest BCUT2D eigenvalue weighted by molar-refractivity contribution is 7.90. The molecule has 0 unspecified atom stereocenters. The second kappa shape index (κ2) is 8.67. The molecule has 0 bridgehead atoms. The van der Waals surface area contributed by atoms with Gasteiger partial charge in [-0.25, -0.2) is 13.1 Å². The monoisotopic (exact) mass is 468 g/mol. The van der Waals surface area contributed by atoms with Gasteiger partial charge in [-0.1, -0.05) is 44.5 Å². The maximum atomic E-state index is 13.2. The van der Waals surface area contributed by atoms with Crippen LogP contribution in [0.15, 0.2) is 41.3 Å². The van der Waals surface area contributed by atoms with E-state index in [0.29, 0.717) is 23.5 Å². The number of nitrogens with zero attached hydrogens (tertiary/aromatic N) is 2. The molecule has 0 atom stereocenters. The van der Waals surface area contributed by atoms with Crippen molar-refractivity contribution in [3.05, 3.63) is 75.6 Å². The summed E-state index contributed by atoms with van der Waals surface area (Å²) in [6.45, 7) is 14.0. The summed E-state index contributed by atoms with van der Waals surface area (Å²) in [6, 6.07) is 10.4. The van der Waals surface area contributed by atoms with E-state index in [1.165, 1.54) is 6.07 Å². The normalized spacial score (nSPS) is 12.1. The quantitative estimate of drug-likeness (QED) is 0.547. The molecule has 0 radical (unpaired) electrons. The molecule has 1 heterocycles. The topological polar surface area (TPSA) is 107 Å². The van der Waals surface area contributed by atoms with E-state index >= 15 is 0 Å². The first-order chi connectivity index (χ1) is 15.2. The van der Waals surface area contributed by atoms with Gasteiger partial charge in [0.05, 0.1) is 17.1 Å². The first kappa shape index (κ1) is 24.5. The highest BCUT2D eigenvalue weighted by Gasteiger charge is 2.27. The number of hydrogen-bond donors (Lipinski definition) is 2. The van der Waals surface area contributed by atoms with Crippen molar-refractivity contribution in [3.8, 4) is 0 Å². The lowest BCUT2D eigenvalue weighted by Crippen LogP contribution is -2.33. The van der Waals surface area contributed by atoms with Crippen LogP contribution >= 0.6 is 0 Å². The highest BCUT2D eigenvalue weighted by Crippen LogP contribution is 2.25. The average Bonchev–Trinajstić information content (AvgIpc) is 3.11. The number of anilines is 1. The summed E-state index contributed by atoms with van der Waals surface area (Å²) in [6.07, 6.45) is 0. The zero-order valence-electron chi connectivity index (χ0n) is 20.3. The Hall–Kier alpha value is -3.13. The van der Waals surface area contributed by atoms with Gasteiger partial charge in [0.1, 0.15) is 5.69 Å². The van der Waals surface area contributed by atoms with Crippen LogP contribution in [-0.4, -0.2) is 24.1 Å². The molecule has 3 N–H and O–H groups in total. The Morgan fingerprint density at radius 2 is 1.67 bits per heavy atom. The summed E-state index contributed by atoms with van der Waals surface area (Å²) in [5, 5.41) is 4.68. The number of aryl methyl sites for hydroxylation is 3. The van der Waals surface area contributed by atoms with Gasteiger partial charge in [0.2, 0.25) is 0 Å². The van der Waals surface area contributed by atoms with Gasteiger partial charge in [-0.2, -0.15) is 5.10 Å². The maximum absolute atomic E-state index is 13.2. The van der Waals surface area contributed by atoms with Crippen molar-refractivity contribution in [3.63, 3.8) is 0 Å². The molecule has 7 nitrogen and oxygen atoms in total. The van der Waals surface area contributed by atoms with Gasteiger partial charge in [0.15, 0.2) is 0 Å². The summed E-state index contributed by atoms with van der Waals surface area (Å²) in [4.78, 5) is 13.2. The van der Waals surface area contributed by atoms with Crippen LogP contribution in [0, 0.1) is 27.7 Å². The zero-order chi connectivity index (χ0) is 24.7. The van der Waals surface area contributed by atoms with Crippen molar-refractivity contribution in [2.75, 3.05) is 5.73 Å². The Morgan fingerprint density at radius 1 is 1.06 bits per heavy atom. The number of nitrogens with one attached hydrogen (secondary N) is 1. The first-order valence-electron chi connectivity index (χ1n) is 10.8. The summed E-state index contributed by atoms with van der Waals surface area (Å²) in [5.41, 5.74) is 11.6. The van der Waals surface area contributed by atoms with Crippen molar-refractivity contribution < 1.29 is 13.2 Å². The number of nitrogen functional groups attached to an aromatic ring is 1. The third-order valence-corrected chi connectivity index (χ3v) is 7.25. The lowest BCUT2D eigenvalue weighted by molar-refractivity contribution is 0.0971. The molecule has 3 rings (SSSR count). The van der Waals surface area contributed by atoms with Crippen molar-refractivity contribution in [2.45, 2.75) is 65.3 Å². The number of carbonyl (C=O) groups excluding carboxylic acids is 1. The average molecular weight is 469 g/mol. The van der Waals surface area contributed by atoms with Gasteiger partial charge in [0, 0.05) is 11.1 Å². The summed E-state index contributed by atoms with van der Waals surface area (Å²) < 4.78 is 29.8. The molecular weight excluding hydrogens is 436 g/mol. The fraction of sp³-hybridized carbons (Fsp3) is 0.360. The molecular formula is C25H32N4O3S. The number of benzene rings is 2. The molecule has 2 aromatic carbocycles. The number of carbonyl (C=O) groups is 1. The lowest BCUT2D eigenvalue weighted by Gasteiger charge is -2.15. The predicted molar refractivity (Wildman–Crippen MR) is 131 cm³/mol. The minimum Gasteiger partial charge on any atom is -0.398 e. The second-order valence-electron chi connectivity index (χ2n) is 9.60. The summed E-state index contributed by atoms with van der Waals surface area (Å²) in [5.74, 6) is -0.734. The molecule has 176 valence electrons. The molecule has 1 aromatic heterocycles. The van der Waals surface area contributed by atoms with E-state index < -0.39 is 15.9 Å². The van der Waals surface area contributed by atoms with E-state index in [1.54, 1.807) is 29.8 Å². The first-order valence-corrected chi connectivity index (χ1v) is 12.3. The number of rotatable bonds is 5. The number of sulfonamides is 1. The zero-order valence-corrected chi connectivity index (χ0v) is 21.1. The van der Waals surface area contributed by atoms with Gasteiger partial charge in [-0.05, 0) is 68.1 Å². The number of aromatic nitrogens is 2. The third-order valence-electron chi connectivity index (χ3n) is 5.77. The van der Waals surface area contributed by atoms with Crippen LogP contribution in [-0.2, 0) is 22.0 Å². The van der Waals surface area contributed by atoms with Gasteiger partial charge in [-0.15, -0.1) is 0 Å². The van der Waals surface area contributed by atoms with E-state index in [2.05, 4.69) is 22.0 Å². The van der Waals surface area contributed by atoms with Crippen molar-refractivity contribution in [2.24, 2.45) is 0 Å². The van der Waals surface area contributed by atoms with Crippen LogP contribution in [0.25, 0.3) is 0 Å². The third kappa shape index (κ3) is 5.11. The highest BCUT2D eigenvalue weighted by atomic mass is 32.2. The van der Waals surface area contributed by atoms with Crippen LogP contribution in [0.3, 0.4) is 0 Å². The molecule has 0 saturated carbocycles. The molecule has 0 spiro atoms. The van der Waals surface area contributed by atoms with E-state index in [1.807, 2.05) is 41.5 Å². The van der Waals surface area contributed by atoms with Gasteiger partial charge in [-0.3, -0.25) is 9.48 Å². The molecule has 1 amide bonds. The Bertz CT molecular complexity index is 1310. The van der Waals surface area contributed by atoms with Crippen molar-refractivity contribution >= 4 is 21.6 Å². The van der Waals surface area contributed by atoms with E-state index in [0.717, 1.165) is 22.3 Å². The maximum Gasteiger partial charge on any atom is 0.283 e. The molecule has 3 aromatic rings. The number of amides is 1. The lowest BCUT2D eigenvalue weighted by atomic mass is 9.92. The van der Waals surface area contributed by atoms with E-state index in [4.69, 9.17) is 5.73 Å². The molecule has 0 aliphatic heterocycles. The van der Waals surface area contributed by atoms with Crippen molar-refractivity contribution in [1.29, 1.82) is 0 Å². The van der Waals surface area contributed by atoms with Crippen LogP contribution in [0.1, 0.15) is 64.8 Å². The molecule has 33 heavy (non-hydrogen) atoms. The van der Waals surface area contributed by atoms with Crippen LogP contribution < -0.4 is 10.5 Å². The smallest absolute Gasteiger partial charge is 0.283 e. The van der Waals surface area contributed by atoms with Gasteiger partial charge in [0.25, 0.3) is 15.9 Å². The second-order valence-corrected chi connectivity index (χ2v) is 11.3. The Labute approximate surface area is 196 Å². The van der Waals surface area contributed by atoms with E-state index in [9.17, 15) is 13.2 Å². The van der Waals surface area contributed by atoms with Crippen LogP contribution in [0.4, 0.5) is 5.69 Å². The molecule has 0 saturated heterocycles. The van der Waals surface area contributed by atoms with Gasteiger partial charge < -0.3 is 5.73 Å². The minimum absolute atomic E-state index is 0.0248. The fourth-order valence-electron chi connectivity index (χ4n) is 3.85. The summed E-state index contributed by atoms with van der Waals surface area (Å²) >= 11 is 0. The number of nitrogens with two attached hydrogens (primary N) is 1.